The van der Waals surface area contributed by atoms with Gasteiger partial charge in [0, 0.05) is 12.6 Å². The number of aromatic nitrogens is 1. The third-order valence-corrected chi connectivity index (χ3v) is 3.20. The minimum Gasteiger partial charge on any atom is -0.489 e. The van der Waals surface area contributed by atoms with Crippen LogP contribution in [0.3, 0.4) is 0 Å². The molecule has 0 fully saturated rings. The van der Waals surface area contributed by atoms with Gasteiger partial charge in [0.05, 0.1) is 11.3 Å². The predicted molar refractivity (Wildman–Crippen MR) is 78.7 cm³/mol. The number of nitrogens with zero attached hydrogens (tertiary/aromatic N) is 1. The Morgan fingerprint density at radius 1 is 1.20 bits per heavy atom. The number of hydrogen-bond acceptors (Lipinski definition) is 4. The summed E-state index contributed by atoms with van der Waals surface area (Å²) in [5.74, 6) is 1.68. The minimum atomic E-state index is 0.491. The van der Waals surface area contributed by atoms with E-state index >= 15 is 0 Å². The number of nitrogens with one attached hydrogen (secondary N) is 1. The molecule has 1 aromatic heterocycles. The first-order chi connectivity index (χ1) is 9.56. The maximum Gasteiger partial charge on any atom is 0.140 e. The van der Waals surface area contributed by atoms with Crippen LogP contribution in [-0.2, 0) is 13.2 Å². The summed E-state index contributed by atoms with van der Waals surface area (Å²) in [4.78, 5) is 0. The van der Waals surface area contributed by atoms with Crippen molar-refractivity contribution in [1.82, 2.24) is 10.5 Å². The van der Waals surface area contributed by atoms with E-state index in [9.17, 15) is 0 Å². The van der Waals surface area contributed by atoms with Crippen LogP contribution in [0.4, 0.5) is 0 Å². The molecule has 0 saturated heterocycles. The van der Waals surface area contributed by atoms with Gasteiger partial charge in [0.2, 0.25) is 0 Å². The van der Waals surface area contributed by atoms with E-state index in [1.165, 1.54) is 5.56 Å². The second-order valence-electron chi connectivity index (χ2n) is 5.27. The Morgan fingerprint density at radius 3 is 2.45 bits per heavy atom. The Balaban J connectivity index is 1.91. The van der Waals surface area contributed by atoms with E-state index in [0.717, 1.165) is 29.3 Å². The highest BCUT2D eigenvalue weighted by Crippen LogP contribution is 2.17. The third-order valence-electron chi connectivity index (χ3n) is 3.20. The lowest BCUT2D eigenvalue weighted by Crippen LogP contribution is -2.21. The average molecular weight is 274 g/mol. The zero-order valence-electron chi connectivity index (χ0n) is 12.6. The zero-order chi connectivity index (χ0) is 14.5. The molecule has 0 atom stereocenters. The van der Waals surface area contributed by atoms with Gasteiger partial charge in [-0.15, -0.1) is 0 Å². The smallest absolute Gasteiger partial charge is 0.140 e. The number of aryl methyl sites for hydroxylation is 2. The third kappa shape index (κ3) is 3.84. The van der Waals surface area contributed by atoms with Gasteiger partial charge in [0.25, 0.3) is 0 Å². The number of ether oxygens (including phenoxy) is 1. The summed E-state index contributed by atoms with van der Waals surface area (Å²) in [6, 6.07) is 8.65. The van der Waals surface area contributed by atoms with E-state index in [0.29, 0.717) is 12.6 Å². The molecule has 4 heteroatoms. The molecule has 1 heterocycles. The predicted octanol–water partition coefficient (Wildman–Crippen LogP) is 3.37. The summed E-state index contributed by atoms with van der Waals surface area (Å²) in [7, 11) is 0. The molecule has 0 unspecified atom stereocenters. The largest absolute Gasteiger partial charge is 0.489 e. The molecule has 4 nitrogen and oxygen atoms in total. The summed E-state index contributed by atoms with van der Waals surface area (Å²) in [6.07, 6.45) is 0. The van der Waals surface area contributed by atoms with Gasteiger partial charge >= 0.3 is 0 Å². The monoisotopic (exact) mass is 274 g/mol. The Hall–Kier alpha value is -1.81. The normalized spacial score (nSPS) is 11.1. The summed E-state index contributed by atoms with van der Waals surface area (Å²) in [6.45, 7) is 9.48. The minimum absolute atomic E-state index is 0.491. The van der Waals surface area contributed by atoms with E-state index in [1.54, 1.807) is 0 Å². The lowest BCUT2D eigenvalue weighted by atomic mass is 10.2. The highest BCUT2D eigenvalue weighted by Gasteiger charge is 2.09. The van der Waals surface area contributed by atoms with Crippen molar-refractivity contribution in [3.63, 3.8) is 0 Å². The van der Waals surface area contributed by atoms with E-state index in [2.05, 4.69) is 36.5 Å². The van der Waals surface area contributed by atoms with Gasteiger partial charge in [0.1, 0.15) is 18.1 Å². The molecule has 0 radical (unpaired) electrons. The number of benzene rings is 1. The van der Waals surface area contributed by atoms with Gasteiger partial charge in [-0.2, -0.15) is 0 Å². The van der Waals surface area contributed by atoms with E-state index in [4.69, 9.17) is 9.26 Å². The van der Waals surface area contributed by atoms with E-state index < -0.39 is 0 Å². The second-order valence-corrected chi connectivity index (χ2v) is 5.27. The van der Waals surface area contributed by atoms with Crippen molar-refractivity contribution in [2.75, 3.05) is 0 Å². The van der Waals surface area contributed by atoms with Gasteiger partial charge in [-0.05, 0) is 31.5 Å². The number of hydrogen-bond donors (Lipinski definition) is 1. The van der Waals surface area contributed by atoms with Gasteiger partial charge in [-0.1, -0.05) is 31.1 Å². The Kier molecular flexibility index (Phi) is 4.79. The average Bonchev–Trinajstić information content (AvgIpc) is 2.75. The van der Waals surface area contributed by atoms with Crippen molar-refractivity contribution in [1.29, 1.82) is 0 Å². The van der Waals surface area contributed by atoms with Crippen LogP contribution in [0.1, 0.15) is 36.4 Å². The Labute approximate surface area is 120 Å². The standard InChI is InChI=1S/C16H22N2O2/c1-11(2)17-9-14-5-7-15(8-6-14)19-10-16-12(3)18-20-13(16)4/h5-8,11,17H,9-10H2,1-4H3. The molecular formula is C16H22N2O2. The quantitative estimate of drug-likeness (QED) is 0.877. The molecule has 2 rings (SSSR count). The van der Waals surface area contributed by atoms with Crippen LogP contribution < -0.4 is 10.1 Å². The highest BCUT2D eigenvalue weighted by atomic mass is 16.5. The summed E-state index contributed by atoms with van der Waals surface area (Å²) >= 11 is 0. The molecule has 0 saturated carbocycles. The molecule has 0 spiro atoms. The molecule has 2 aromatic rings. The van der Waals surface area contributed by atoms with Crippen LogP contribution in [0.25, 0.3) is 0 Å². The van der Waals surface area contributed by atoms with Gasteiger partial charge in [-0.3, -0.25) is 0 Å². The van der Waals surface area contributed by atoms with Crippen LogP contribution in [0, 0.1) is 13.8 Å². The lowest BCUT2D eigenvalue weighted by Gasteiger charge is -2.09. The van der Waals surface area contributed by atoms with Crippen molar-refractivity contribution < 1.29 is 9.26 Å². The molecule has 108 valence electrons. The molecule has 0 aliphatic carbocycles. The van der Waals surface area contributed by atoms with Gasteiger partial charge in [-0.25, -0.2) is 0 Å². The topological polar surface area (TPSA) is 47.3 Å². The fourth-order valence-corrected chi connectivity index (χ4v) is 1.89. The van der Waals surface area contributed by atoms with E-state index in [1.807, 2.05) is 26.0 Å². The van der Waals surface area contributed by atoms with Crippen molar-refractivity contribution in [2.45, 2.75) is 46.9 Å². The van der Waals surface area contributed by atoms with Crippen LogP contribution in [0.5, 0.6) is 5.75 Å². The maximum atomic E-state index is 5.77. The van der Waals surface area contributed by atoms with E-state index in [-0.39, 0.29) is 0 Å². The van der Waals surface area contributed by atoms with Crippen LogP contribution >= 0.6 is 0 Å². The summed E-state index contributed by atoms with van der Waals surface area (Å²) in [5, 5.41) is 7.31. The Morgan fingerprint density at radius 2 is 1.90 bits per heavy atom. The molecule has 0 amide bonds. The first-order valence-corrected chi connectivity index (χ1v) is 6.93. The lowest BCUT2D eigenvalue weighted by molar-refractivity contribution is 0.301. The molecule has 0 aliphatic rings. The highest BCUT2D eigenvalue weighted by molar-refractivity contribution is 5.28. The molecule has 20 heavy (non-hydrogen) atoms. The van der Waals surface area contributed by atoms with Crippen molar-refractivity contribution in [3.05, 3.63) is 46.8 Å². The molecule has 1 aromatic carbocycles. The van der Waals surface area contributed by atoms with Crippen molar-refractivity contribution in [2.24, 2.45) is 0 Å². The summed E-state index contributed by atoms with van der Waals surface area (Å²) < 4.78 is 10.9. The molecule has 0 aliphatic heterocycles. The second kappa shape index (κ2) is 6.57. The Bertz CT molecular complexity index is 525. The SMILES string of the molecule is Cc1noc(C)c1COc1ccc(CNC(C)C)cc1. The van der Waals surface area contributed by atoms with Crippen molar-refractivity contribution in [3.8, 4) is 5.75 Å². The van der Waals surface area contributed by atoms with Crippen LogP contribution in [0.15, 0.2) is 28.8 Å². The van der Waals surface area contributed by atoms with Crippen molar-refractivity contribution >= 4 is 0 Å². The molecular weight excluding hydrogens is 252 g/mol. The zero-order valence-corrected chi connectivity index (χ0v) is 12.6. The first kappa shape index (κ1) is 14.6. The van der Waals surface area contributed by atoms with Crippen LogP contribution in [0.2, 0.25) is 0 Å². The number of rotatable bonds is 6. The molecule has 0 bridgehead atoms. The summed E-state index contributed by atoms with van der Waals surface area (Å²) in [5.41, 5.74) is 3.17. The van der Waals surface area contributed by atoms with Gasteiger partial charge < -0.3 is 14.6 Å². The van der Waals surface area contributed by atoms with Gasteiger partial charge in [0.15, 0.2) is 0 Å². The molecule has 1 N–H and O–H groups in total. The fraction of sp³-hybridized carbons (Fsp3) is 0.438. The maximum absolute atomic E-state index is 5.77. The first-order valence-electron chi connectivity index (χ1n) is 6.93. The van der Waals surface area contributed by atoms with Crippen LogP contribution in [-0.4, -0.2) is 11.2 Å². The fourth-order valence-electron chi connectivity index (χ4n) is 1.89.